The quantitative estimate of drug-likeness (QED) is 0.305. The molecule has 0 spiro atoms. The van der Waals surface area contributed by atoms with Gasteiger partial charge in [0.25, 0.3) is 0 Å². The molecule has 1 heterocycles. The third-order valence-corrected chi connectivity index (χ3v) is 4.72. The van der Waals surface area contributed by atoms with E-state index in [9.17, 15) is 0 Å². The number of hydrogen-bond acceptors (Lipinski definition) is 4. The van der Waals surface area contributed by atoms with Gasteiger partial charge in [0, 0.05) is 24.5 Å². The molecule has 0 saturated heterocycles. The first-order chi connectivity index (χ1) is 12.8. The number of nitrogens with one attached hydrogen (secondary N) is 2. The predicted octanol–water partition coefficient (Wildman–Crippen LogP) is 4.30. The highest BCUT2D eigenvalue weighted by atomic mass is 127. The summed E-state index contributed by atoms with van der Waals surface area (Å²) in [5.41, 5.74) is 3.31. The van der Waals surface area contributed by atoms with Crippen LogP contribution in [-0.2, 0) is 13.1 Å². The number of thiazole rings is 1. The SMILES string of the molecule is CN=C(NCc1ccc(OC)cc1)NCc1nc(-c2ccccc2)cs1.I. The Morgan fingerprint density at radius 1 is 1.04 bits per heavy atom. The van der Waals surface area contributed by atoms with Crippen LogP contribution in [0.1, 0.15) is 10.6 Å². The number of aromatic nitrogens is 1. The van der Waals surface area contributed by atoms with Gasteiger partial charge < -0.3 is 15.4 Å². The van der Waals surface area contributed by atoms with Crippen molar-refractivity contribution in [1.29, 1.82) is 0 Å². The summed E-state index contributed by atoms with van der Waals surface area (Å²) in [7, 11) is 3.43. The summed E-state index contributed by atoms with van der Waals surface area (Å²) in [6.45, 7) is 1.33. The average Bonchev–Trinajstić information content (AvgIpc) is 3.18. The lowest BCUT2D eigenvalue weighted by Crippen LogP contribution is -2.36. The minimum atomic E-state index is 0. The molecule has 0 saturated carbocycles. The summed E-state index contributed by atoms with van der Waals surface area (Å²) in [6, 6.07) is 18.2. The van der Waals surface area contributed by atoms with Crippen molar-refractivity contribution in [1.82, 2.24) is 15.6 Å². The van der Waals surface area contributed by atoms with Crippen molar-refractivity contribution in [2.24, 2.45) is 4.99 Å². The lowest BCUT2D eigenvalue weighted by atomic mass is 10.2. The molecule has 2 aromatic carbocycles. The minimum Gasteiger partial charge on any atom is -0.497 e. The first-order valence-corrected chi connectivity index (χ1v) is 9.23. The lowest BCUT2D eigenvalue weighted by molar-refractivity contribution is 0.414. The second kappa shape index (κ2) is 10.9. The van der Waals surface area contributed by atoms with Crippen molar-refractivity contribution in [3.63, 3.8) is 0 Å². The second-order valence-corrected chi connectivity index (χ2v) is 6.56. The van der Waals surface area contributed by atoms with Gasteiger partial charge in [-0.25, -0.2) is 4.98 Å². The van der Waals surface area contributed by atoms with Gasteiger partial charge in [-0.1, -0.05) is 42.5 Å². The van der Waals surface area contributed by atoms with Crippen molar-refractivity contribution >= 4 is 41.3 Å². The fourth-order valence-corrected chi connectivity index (χ4v) is 3.19. The van der Waals surface area contributed by atoms with Crippen LogP contribution >= 0.6 is 35.3 Å². The third-order valence-electron chi connectivity index (χ3n) is 3.87. The summed E-state index contributed by atoms with van der Waals surface area (Å²) in [6.07, 6.45) is 0. The Bertz CT molecular complexity index is 850. The van der Waals surface area contributed by atoms with Crippen molar-refractivity contribution < 1.29 is 4.74 Å². The van der Waals surface area contributed by atoms with Crippen LogP contribution < -0.4 is 15.4 Å². The maximum absolute atomic E-state index is 5.18. The fraction of sp³-hybridized carbons (Fsp3) is 0.200. The molecule has 3 aromatic rings. The Balaban J connectivity index is 0.00000261. The number of methoxy groups -OCH3 is 1. The Morgan fingerprint density at radius 3 is 2.41 bits per heavy atom. The molecule has 0 aliphatic carbocycles. The van der Waals surface area contributed by atoms with Gasteiger partial charge in [-0.05, 0) is 17.7 Å². The molecule has 0 aliphatic rings. The van der Waals surface area contributed by atoms with E-state index in [1.807, 2.05) is 42.5 Å². The van der Waals surface area contributed by atoms with Crippen LogP contribution in [0.2, 0.25) is 0 Å². The Kier molecular flexibility index (Phi) is 8.53. The molecule has 2 N–H and O–H groups in total. The van der Waals surface area contributed by atoms with Crippen LogP contribution in [0.3, 0.4) is 0 Å². The monoisotopic (exact) mass is 494 g/mol. The van der Waals surface area contributed by atoms with Crippen molar-refractivity contribution in [3.05, 3.63) is 70.5 Å². The molecular weight excluding hydrogens is 471 g/mol. The van der Waals surface area contributed by atoms with E-state index in [-0.39, 0.29) is 24.0 Å². The molecule has 7 heteroatoms. The third kappa shape index (κ3) is 6.21. The van der Waals surface area contributed by atoms with Gasteiger partial charge in [0.1, 0.15) is 10.8 Å². The summed E-state index contributed by atoms with van der Waals surface area (Å²) in [5, 5.41) is 9.72. The zero-order valence-electron chi connectivity index (χ0n) is 15.3. The van der Waals surface area contributed by atoms with E-state index >= 15 is 0 Å². The van der Waals surface area contributed by atoms with E-state index in [1.54, 1.807) is 25.5 Å². The molecule has 0 fully saturated rings. The number of hydrogen-bond donors (Lipinski definition) is 2. The van der Waals surface area contributed by atoms with Crippen LogP contribution in [0, 0.1) is 0 Å². The van der Waals surface area contributed by atoms with Gasteiger partial charge in [0.2, 0.25) is 0 Å². The number of aliphatic imine (C=N–C) groups is 1. The van der Waals surface area contributed by atoms with E-state index in [1.165, 1.54) is 0 Å². The minimum absolute atomic E-state index is 0. The van der Waals surface area contributed by atoms with Gasteiger partial charge >= 0.3 is 0 Å². The van der Waals surface area contributed by atoms with E-state index in [0.717, 1.165) is 33.5 Å². The van der Waals surface area contributed by atoms with E-state index in [4.69, 9.17) is 4.74 Å². The molecular formula is C20H23IN4OS. The maximum atomic E-state index is 5.18. The van der Waals surface area contributed by atoms with E-state index < -0.39 is 0 Å². The lowest BCUT2D eigenvalue weighted by Gasteiger charge is -2.11. The molecule has 5 nitrogen and oxygen atoms in total. The molecule has 0 amide bonds. The molecule has 27 heavy (non-hydrogen) atoms. The van der Waals surface area contributed by atoms with Gasteiger partial charge in [0.05, 0.1) is 19.3 Å². The maximum Gasteiger partial charge on any atom is 0.191 e. The summed E-state index contributed by atoms with van der Waals surface area (Å²) in [4.78, 5) is 8.95. The molecule has 3 rings (SSSR count). The van der Waals surface area contributed by atoms with Crippen LogP contribution in [0.4, 0.5) is 0 Å². The van der Waals surface area contributed by atoms with Crippen LogP contribution in [0.5, 0.6) is 5.75 Å². The number of guanidine groups is 1. The summed E-state index contributed by atoms with van der Waals surface area (Å²) < 4.78 is 5.18. The number of benzene rings is 2. The van der Waals surface area contributed by atoms with E-state index in [0.29, 0.717) is 13.1 Å². The number of halogens is 1. The smallest absolute Gasteiger partial charge is 0.191 e. The van der Waals surface area contributed by atoms with Gasteiger partial charge in [0.15, 0.2) is 5.96 Å². The highest BCUT2D eigenvalue weighted by molar-refractivity contribution is 14.0. The Labute approximate surface area is 180 Å². The first kappa shape index (κ1) is 21.2. The molecule has 0 radical (unpaired) electrons. The number of ether oxygens (including phenoxy) is 1. The van der Waals surface area contributed by atoms with Crippen LogP contribution in [-0.4, -0.2) is 25.1 Å². The molecule has 0 aliphatic heterocycles. The summed E-state index contributed by atoms with van der Waals surface area (Å²) in [5.74, 6) is 1.60. The van der Waals surface area contributed by atoms with Crippen molar-refractivity contribution in [2.75, 3.05) is 14.2 Å². The molecule has 0 unspecified atom stereocenters. The van der Waals surface area contributed by atoms with Crippen molar-refractivity contribution in [2.45, 2.75) is 13.1 Å². The topological polar surface area (TPSA) is 58.5 Å². The second-order valence-electron chi connectivity index (χ2n) is 5.62. The number of nitrogens with zero attached hydrogens (tertiary/aromatic N) is 2. The largest absolute Gasteiger partial charge is 0.497 e. The van der Waals surface area contributed by atoms with Crippen LogP contribution in [0.25, 0.3) is 11.3 Å². The highest BCUT2D eigenvalue weighted by Crippen LogP contribution is 2.21. The van der Waals surface area contributed by atoms with Gasteiger partial charge in [-0.3, -0.25) is 4.99 Å². The Hall–Kier alpha value is -2.13. The summed E-state index contributed by atoms with van der Waals surface area (Å²) >= 11 is 1.65. The van der Waals surface area contributed by atoms with E-state index in [2.05, 4.69) is 38.1 Å². The standard InChI is InChI=1S/C20H22N4OS.HI/c1-21-20(22-12-15-8-10-17(25-2)11-9-15)23-13-19-24-18(14-26-19)16-6-4-3-5-7-16;/h3-11,14H,12-13H2,1-2H3,(H2,21,22,23);1H. The fourth-order valence-electron chi connectivity index (χ4n) is 2.44. The number of rotatable bonds is 6. The zero-order valence-corrected chi connectivity index (χ0v) is 18.5. The van der Waals surface area contributed by atoms with Gasteiger partial charge in [-0.2, -0.15) is 0 Å². The first-order valence-electron chi connectivity index (χ1n) is 8.36. The normalized spacial score (nSPS) is 10.8. The van der Waals surface area contributed by atoms with Crippen LogP contribution in [0.15, 0.2) is 65.0 Å². The van der Waals surface area contributed by atoms with Gasteiger partial charge in [-0.15, -0.1) is 35.3 Å². The molecule has 0 bridgehead atoms. The molecule has 1 aromatic heterocycles. The Morgan fingerprint density at radius 2 is 1.74 bits per heavy atom. The van der Waals surface area contributed by atoms with Crippen molar-refractivity contribution in [3.8, 4) is 17.0 Å². The average molecular weight is 494 g/mol. The highest BCUT2D eigenvalue weighted by Gasteiger charge is 2.05. The predicted molar refractivity (Wildman–Crippen MR) is 123 cm³/mol. The molecule has 0 atom stereocenters. The molecule has 142 valence electrons. The zero-order chi connectivity index (χ0) is 18.2.